The molecule has 0 radical (unpaired) electrons. The van der Waals surface area contributed by atoms with E-state index in [1.807, 2.05) is 30.3 Å². The maximum Gasteiger partial charge on any atom is 0.307 e. The SMILES string of the molecule is O=C1CC[C@@H](Cc2ccccc2)[C@@H](C(=O)O)C1. The third-order valence-electron chi connectivity index (χ3n) is 3.47. The van der Waals surface area contributed by atoms with Gasteiger partial charge in [0.2, 0.25) is 0 Å². The summed E-state index contributed by atoms with van der Waals surface area (Å²) < 4.78 is 0. The van der Waals surface area contributed by atoms with Crippen LogP contribution in [-0.2, 0) is 16.0 Å². The van der Waals surface area contributed by atoms with E-state index in [2.05, 4.69) is 0 Å². The van der Waals surface area contributed by atoms with Gasteiger partial charge >= 0.3 is 5.97 Å². The predicted molar refractivity (Wildman–Crippen MR) is 63.6 cm³/mol. The summed E-state index contributed by atoms with van der Waals surface area (Å²) in [6.07, 6.45) is 2.18. The fourth-order valence-corrected chi connectivity index (χ4v) is 2.51. The molecule has 17 heavy (non-hydrogen) atoms. The fourth-order valence-electron chi connectivity index (χ4n) is 2.51. The van der Waals surface area contributed by atoms with Gasteiger partial charge in [0, 0.05) is 12.8 Å². The molecular formula is C14H16O3. The van der Waals surface area contributed by atoms with Crippen molar-refractivity contribution in [1.29, 1.82) is 0 Å². The number of benzene rings is 1. The Balaban J connectivity index is 2.08. The zero-order valence-corrected chi connectivity index (χ0v) is 9.63. The number of carboxylic acids is 1. The molecule has 0 bridgehead atoms. The van der Waals surface area contributed by atoms with Crippen LogP contribution in [0.3, 0.4) is 0 Å². The summed E-state index contributed by atoms with van der Waals surface area (Å²) in [5.74, 6) is -1.16. The lowest BCUT2D eigenvalue weighted by molar-refractivity contribution is -0.147. The zero-order valence-electron chi connectivity index (χ0n) is 9.63. The second-order valence-electron chi connectivity index (χ2n) is 4.68. The first-order valence-electron chi connectivity index (χ1n) is 5.95. The van der Waals surface area contributed by atoms with E-state index in [-0.39, 0.29) is 18.1 Å². The van der Waals surface area contributed by atoms with Crippen molar-refractivity contribution in [3.8, 4) is 0 Å². The summed E-state index contributed by atoms with van der Waals surface area (Å²) in [5.41, 5.74) is 1.15. The van der Waals surface area contributed by atoms with Crippen molar-refractivity contribution < 1.29 is 14.7 Å². The molecule has 0 amide bonds. The molecular weight excluding hydrogens is 216 g/mol. The van der Waals surface area contributed by atoms with E-state index in [4.69, 9.17) is 5.11 Å². The van der Waals surface area contributed by atoms with Gasteiger partial charge in [-0.05, 0) is 24.3 Å². The number of Topliss-reactive ketones (excluding diaryl/α,β-unsaturated/α-hetero) is 1. The quantitative estimate of drug-likeness (QED) is 0.870. The molecule has 1 aliphatic rings. The van der Waals surface area contributed by atoms with Crippen molar-refractivity contribution in [2.45, 2.75) is 25.7 Å². The number of rotatable bonds is 3. The topological polar surface area (TPSA) is 54.4 Å². The first kappa shape index (κ1) is 11.8. The minimum Gasteiger partial charge on any atom is -0.481 e. The number of hydrogen-bond acceptors (Lipinski definition) is 2. The predicted octanol–water partition coefficient (Wildman–Crippen LogP) is 2.30. The fraction of sp³-hybridized carbons (Fsp3) is 0.429. The molecule has 0 spiro atoms. The average Bonchev–Trinajstić information content (AvgIpc) is 2.32. The molecule has 1 aromatic carbocycles. The third kappa shape index (κ3) is 2.93. The molecule has 3 nitrogen and oxygen atoms in total. The summed E-state index contributed by atoms with van der Waals surface area (Å²) in [6, 6.07) is 9.88. The molecule has 1 aromatic rings. The Morgan fingerprint density at radius 3 is 2.65 bits per heavy atom. The van der Waals surface area contributed by atoms with Gasteiger partial charge in [0.05, 0.1) is 5.92 Å². The lowest BCUT2D eigenvalue weighted by atomic mass is 9.76. The Hall–Kier alpha value is -1.64. The monoisotopic (exact) mass is 232 g/mol. The molecule has 0 unspecified atom stereocenters. The van der Waals surface area contributed by atoms with Gasteiger partial charge in [0.15, 0.2) is 0 Å². The lowest BCUT2D eigenvalue weighted by Gasteiger charge is -2.27. The van der Waals surface area contributed by atoms with Gasteiger partial charge in [0.1, 0.15) is 5.78 Å². The third-order valence-corrected chi connectivity index (χ3v) is 3.47. The van der Waals surface area contributed by atoms with E-state index in [1.54, 1.807) is 0 Å². The Morgan fingerprint density at radius 1 is 1.29 bits per heavy atom. The van der Waals surface area contributed by atoms with Crippen LogP contribution in [0.25, 0.3) is 0 Å². The maximum absolute atomic E-state index is 11.3. The summed E-state index contributed by atoms with van der Waals surface area (Å²) in [6.45, 7) is 0. The number of carbonyl (C=O) groups is 2. The first-order chi connectivity index (χ1) is 8.16. The second-order valence-corrected chi connectivity index (χ2v) is 4.68. The highest BCUT2D eigenvalue weighted by atomic mass is 16.4. The highest BCUT2D eigenvalue weighted by Crippen LogP contribution is 2.31. The number of aliphatic carboxylic acids is 1. The van der Waals surface area contributed by atoms with Crippen molar-refractivity contribution in [2.24, 2.45) is 11.8 Å². The normalized spacial score (nSPS) is 24.6. The van der Waals surface area contributed by atoms with E-state index in [1.165, 1.54) is 0 Å². The Bertz CT molecular complexity index is 411. The van der Waals surface area contributed by atoms with Crippen molar-refractivity contribution in [3.05, 3.63) is 35.9 Å². The van der Waals surface area contributed by atoms with Crippen LogP contribution in [-0.4, -0.2) is 16.9 Å². The summed E-state index contributed by atoms with van der Waals surface area (Å²) >= 11 is 0. The molecule has 2 rings (SSSR count). The standard InChI is InChI=1S/C14H16O3/c15-12-7-6-11(13(9-12)14(16)17)8-10-4-2-1-3-5-10/h1-5,11,13H,6-9H2,(H,16,17)/t11-,13-/m0/s1. The van der Waals surface area contributed by atoms with Gasteiger partial charge in [-0.25, -0.2) is 0 Å². The van der Waals surface area contributed by atoms with Crippen LogP contribution in [0.5, 0.6) is 0 Å². The second kappa shape index (κ2) is 5.13. The molecule has 90 valence electrons. The van der Waals surface area contributed by atoms with Gasteiger partial charge in [-0.1, -0.05) is 30.3 Å². The van der Waals surface area contributed by atoms with Crippen LogP contribution in [0.1, 0.15) is 24.8 Å². The number of carboxylic acid groups (broad SMARTS) is 1. The minimum atomic E-state index is -0.834. The molecule has 0 saturated heterocycles. The van der Waals surface area contributed by atoms with Crippen molar-refractivity contribution in [1.82, 2.24) is 0 Å². The van der Waals surface area contributed by atoms with Gasteiger partial charge in [-0.15, -0.1) is 0 Å². The summed E-state index contributed by atoms with van der Waals surface area (Å²) in [7, 11) is 0. The lowest BCUT2D eigenvalue weighted by Crippen LogP contribution is -2.32. The molecule has 1 saturated carbocycles. The van der Waals surface area contributed by atoms with Gasteiger partial charge in [-0.2, -0.15) is 0 Å². The van der Waals surface area contributed by atoms with E-state index >= 15 is 0 Å². The molecule has 2 atom stereocenters. The van der Waals surface area contributed by atoms with Gasteiger partial charge in [-0.3, -0.25) is 9.59 Å². The molecule has 0 aromatic heterocycles. The summed E-state index contributed by atoms with van der Waals surface area (Å²) in [4.78, 5) is 22.5. The first-order valence-corrected chi connectivity index (χ1v) is 5.95. The average molecular weight is 232 g/mol. The molecule has 0 aliphatic heterocycles. The molecule has 1 N–H and O–H groups in total. The molecule has 0 heterocycles. The number of hydrogen-bond donors (Lipinski definition) is 1. The van der Waals surface area contributed by atoms with Crippen molar-refractivity contribution in [3.63, 3.8) is 0 Å². The molecule has 1 aliphatic carbocycles. The van der Waals surface area contributed by atoms with Crippen LogP contribution in [0, 0.1) is 11.8 Å². The van der Waals surface area contributed by atoms with Crippen molar-refractivity contribution >= 4 is 11.8 Å². The van der Waals surface area contributed by atoms with E-state index in [0.29, 0.717) is 12.8 Å². The molecule has 1 fully saturated rings. The zero-order chi connectivity index (χ0) is 12.3. The minimum absolute atomic E-state index is 0.0849. The van der Waals surface area contributed by atoms with Gasteiger partial charge < -0.3 is 5.11 Å². The van der Waals surface area contributed by atoms with E-state index < -0.39 is 11.9 Å². The van der Waals surface area contributed by atoms with Gasteiger partial charge in [0.25, 0.3) is 0 Å². The van der Waals surface area contributed by atoms with Crippen LogP contribution < -0.4 is 0 Å². The van der Waals surface area contributed by atoms with Crippen LogP contribution >= 0.6 is 0 Å². The largest absolute Gasteiger partial charge is 0.481 e. The van der Waals surface area contributed by atoms with E-state index in [9.17, 15) is 9.59 Å². The smallest absolute Gasteiger partial charge is 0.307 e. The highest BCUT2D eigenvalue weighted by Gasteiger charge is 2.34. The van der Waals surface area contributed by atoms with E-state index in [0.717, 1.165) is 12.0 Å². The van der Waals surface area contributed by atoms with Crippen LogP contribution in [0.15, 0.2) is 30.3 Å². The van der Waals surface area contributed by atoms with Crippen LogP contribution in [0.4, 0.5) is 0 Å². The maximum atomic E-state index is 11.3. The highest BCUT2D eigenvalue weighted by molar-refractivity contribution is 5.85. The molecule has 3 heteroatoms. The Morgan fingerprint density at radius 2 is 2.00 bits per heavy atom. The number of carbonyl (C=O) groups excluding carboxylic acids is 1. The summed E-state index contributed by atoms with van der Waals surface area (Å²) in [5, 5.41) is 9.15. The number of ketones is 1. The van der Waals surface area contributed by atoms with Crippen molar-refractivity contribution in [2.75, 3.05) is 0 Å². The van der Waals surface area contributed by atoms with Crippen LogP contribution in [0.2, 0.25) is 0 Å². The Kier molecular flexibility index (Phi) is 3.57. The Labute approximate surface area is 100 Å².